The molecule has 1 aliphatic heterocycles. The molecule has 0 saturated carbocycles. The lowest BCUT2D eigenvalue weighted by molar-refractivity contribution is -0.0382. The molecule has 0 aliphatic carbocycles. The van der Waals surface area contributed by atoms with Gasteiger partial charge in [-0.25, -0.2) is 4.79 Å². The Balaban J connectivity index is 2.30. The van der Waals surface area contributed by atoms with Gasteiger partial charge in [-0.15, -0.1) is 0 Å². The maximum absolute atomic E-state index is 11.9. The molecule has 8 heteroatoms. The van der Waals surface area contributed by atoms with Gasteiger partial charge in [0.2, 0.25) is 0 Å². The fourth-order valence-corrected chi connectivity index (χ4v) is 2.40. The lowest BCUT2D eigenvalue weighted by atomic mass is 10.2. The Morgan fingerprint density at radius 2 is 2.38 bits per heavy atom. The van der Waals surface area contributed by atoms with Gasteiger partial charge < -0.3 is 14.4 Å². The molecule has 0 aromatic carbocycles. The van der Waals surface area contributed by atoms with Crippen LogP contribution in [-0.2, 0) is 9.26 Å². The summed E-state index contributed by atoms with van der Waals surface area (Å²) in [6.45, 7) is 2.16. The molecule has 1 aromatic rings. The molecule has 2 heterocycles. The van der Waals surface area contributed by atoms with Gasteiger partial charge in [0.25, 0.3) is 5.56 Å². The molecule has 2 rings (SSSR count). The molecule has 3 unspecified atom stereocenters. The molecule has 7 nitrogen and oxygen atoms in total. The average molecular weight is 314 g/mol. The maximum atomic E-state index is 11.9. The van der Waals surface area contributed by atoms with Crippen LogP contribution in [0.2, 0.25) is 0 Å². The molecule has 1 saturated heterocycles. The lowest BCUT2D eigenvalue weighted by Crippen LogP contribution is -2.33. The van der Waals surface area contributed by atoms with E-state index in [1.54, 1.807) is 6.08 Å². The van der Waals surface area contributed by atoms with Gasteiger partial charge in [-0.1, -0.05) is 19.1 Å². The third-order valence-electron chi connectivity index (χ3n) is 3.30. The van der Waals surface area contributed by atoms with E-state index in [0.29, 0.717) is 5.56 Å². The third kappa shape index (κ3) is 3.68. The first-order valence-electron chi connectivity index (χ1n) is 6.74. The lowest BCUT2D eigenvalue weighted by Gasteiger charge is -2.15. The van der Waals surface area contributed by atoms with E-state index in [4.69, 9.17) is 9.26 Å². The first kappa shape index (κ1) is 16.1. The summed E-state index contributed by atoms with van der Waals surface area (Å²) in [5.41, 5.74) is -0.622. The Bertz CT molecular complexity index is 624. The second-order valence-electron chi connectivity index (χ2n) is 4.83. The second-order valence-corrected chi connectivity index (χ2v) is 5.16. The van der Waals surface area contributed by atoms with Gasteiger partial charge in [-0.2, -0.15) is 0 Å². The van der Waals surface area contributed by atoms with Crippen LogP contribution < -0.4 is 11.2 Å². The summed E-state index contributed by atoms with van der Waals surface area (Å²) in [4.78, 5) is 25.9. The zero-order valence-electron chi connectivity index (χ0n) is 11.7. The average Bonchev–Trinajstić information content (AvgIpc) is 2.79. The highest BCUT2D eigenvalue weighted by atomic mass is 31.0. The molecule has 116 valence electrons. The first-order chi connectivity index (χ1) is 10.1. The van der Waals surface area contributed by atoms with Crippen molar-refractivity contribution in [3.63, 3.8) is 0 Å². The van der Waals surface area contributed by atoms with Crippen LogP contribution in [0.25, 0.3) is 6.08 Å². The first-order valence-corrected chi connectivity index (χ1v) is 7.21. The Morgan fingerprint density at radius 1 is 1.62 bits per heavy atom. The summed E-state index contributed by atoms with van der Waals surface area (Å²) < 4.78 is 11.8. The molecular formula is C13H19N2O5P. The molecule has 0 amide bonds. The molecule has 1 aromatic heterocycles. The van der Waals surface area contributed by atoms with Crippen molar-refractivity contribution in [1.82, 2.24) is 9.55 Å². The zero-order chi connectivity index (χ0) is 15.4. The molecule has 21 heavy (non-hydrogen) atoms. The van der Waals surface area contributed by atoms with Crippen LogP contribution in [0, 0.1) is 0 Å². The number of nitrogens with one attached hydrogen (secondary N) is 1. The minimum Gasteiger partial charge on any atom is -0.390 e. The zero-order valence-corrected chi connectivity index (χ0v) is 12.8. The van der Waals surface area contributed by atoms with Crippen LogP contribution >= 0.6 is 9.47 Å². The van der Waals surface area contributed by atoms with Crippen LogP contribution in [0.3, 0.4) is 0 Å². The van der Waals surface area contributed by atoms with Crippen molar-refractivity contribution in [3.8, 4) is 0 Å². The van der Waals surface area contributed by atoms with E-state index < -0.39 is 29.7 Å². The van der Waals surface area contributed by atoms with Crippen molar-refractivity contribution < 1.29 is 14.4 Å². The SMILES string of the molecule is CC/C=C/c1cn(C2CC(O)[C@@H](COP)O2)c(=O)[nH]c1=O. The summed E-state index contributed by atoms with van der Waals surface area (Å²) in [6, 6.07) is 0. The highest BCUT2D eigenvalue weighted by Gasteiger charge is 2.35. The minimum absolute atomic E-state index is 0.211. The number of H-pyrrole nitrogens is 1. The van der Waals surface area contributed by atoms with E-state index in [9.17, 15) is 14.7 Å². The van der Waals surface area contributed by atoms with Crippen molar-refractivity contribution in [2.45, 2.75) is 38.2 Å². The molecule has 0 radical (unpaired) electrons. The van der Waals surface area contributed by atoms with Crippen LogP contribution in [-0.4, -0.2) is 33.5 Å². The highest BCUT2D eigenvalue weighted by Crippen LogP contribution is 2.28. The number of ether oxygens (including phenoxy) is 1. The van der Waals surface area contributed by atoms with E-state index in [2.05, 4.69) is 14.5 Å². The number of aliphatic hydroxyl groups excluding tert-OH is 1. The van der Waals surface area contributed by atoms with Crippen molar-refractivity contribution in [3.05, 3.63) is 38.7 Å². The van der Waals surface area contributed by atoms with Crippen molar-refractivity contribution >= 4 is 15.5 Å². The molecule has 1 aliphatic rings. The normalized spacial score (nSPS) is 25.8. The number of allylic oxidation sites excluding steroid dienone is 1. The fraction of sp³-hybridized carbons (Fsp3) is 0.538. The summed E-state index contributed by atoms with van der Waals surface area (Å²) in [5, 5.41) is 9.89. The van der Waals surface area contributed by atoms with Crippen molar-refractivity contribution in [2.75, 3.05) is 6.61 Å². The van der Waals surface area contributed by atoms with E-state index in [0.717, 1.165) is 6.42 Å². The predicted molar refractivity (Wildman–Crippen MR) is 80.8 cm³/mol. The molecule has 2 N–H and O–H groups in total. The summed E-state index contributed by atoms with van der Waals surface area (Å²) >= 11 is 0. The van der Waals surface area contributed by atoms with E-state index in [-0.39, 0.29) is 13.0 Å². The van der Waals surface area contributed by atoms with Crippen LogP contribution in [0.15, 0.2) is 21.9 Å². The molecule has 0 spiro atoms. The van der Waals surface area contributed by atoms with Gasteiger partial charge in [0.15, 0.2) is 0 Å². The number of hydrogen-bond acceptors (Lipinski definition) is 5. The standard InChI is InChI=1S/C13H19N2O5P/c1-2-3-4-8-6-15(13(18)14-12(8)17)11-5-9(16)10(20-11)7-19-21/h3-4,6,9-11,16H,2,5,7,21H2,1H3,(H,14,17,18)/b4-3+/t9?,10-,11?/m1/s1. The van der Waals surface area contributed by atoms with Gasteiger partial charge in [0.1, 0.15) is 12.3 Å². The van der Waals surface area contributed by atoms with Gasteiger partial charge in [0, 0.05) is 22.1 Å². The van der Waals surface area contributed by atoms with Crippen LogP contribution in [0.5, 0.6) is 0 Å². The maximum Gasteiger partial charge on any atom is 0.330 e. The number of nitrogens with zero attached hydrogens (tertiary/aromatic N) is 1. The topological polar surface area (TPSA) is 93.6 Å². The molecule has 4 atom stereocenters. The highest BCUT2D eigenvalue weighted by molar-refractivity contribution is 7.09. The largest absolute Gasteiger partial charge is 0.390 e. The summed E-state index contributed by atoms with van der Waals surface area (Å²) in [5.74, 6) is 0. The van der Waals surface area contributed by atoms with E-state index in [1.165, 1.54) is 10.8 Å². The van der Waals surface area contributed by atoms with Crippen molar-refractivity contribution in [1.29, 1.82) is 0 Å². The minimum atomic E-state index is -0.719. The van der Waals surface area contributed by atoms with Crippen LogP contribution in [0.4, 0.5) is 0 Å². The molecule has 1 fully saturated rings. The Morgan fingerprint density at radius 3 is 3.05 bits per heavy atom. The van der Waals surface area contributed by atoms with E-state index in [1.807, 2.05) is 13.0 Å². The Kier molecular flexibility index (Phi) is 5.47. The Labute approximate surface area is 123 Å². The number of aromatic nitrogens is 2. The van der Waals surface area contributed by atoms with Crippen molar-refractivity contribution in [2.24, 2.45) is 0 Å². The summed E-state index contributed by atoms with van der Waals surface area (Å²) in [7, 11) is 2.09. The van der Waals surface area contributed by atoms with Gasteiger partial charge in [0.05, 0.1) is 18.3 Å². The third-order valence-corrected chi connectivity index (χ3v) is 3.50. The van der Waals surface area contributed by atoms with Gasteiger partial charge in [-0.05, 0) is 6.42 Å². The summed E-state index contributed by atoms with van der Waals surface area (Å²) in [6.07, 6.45) is 4.15. The van der Waals surface area contributed by atoms with Gasteiger partial charge >= 0.3 is 5.69 Å². The number of aliphatic hydroxyl groups is 1. The predicted octanol–water partition coefficient (Wildman–Crippen LogP) is 0.415. The number of rotatable bonds is 5. The monoisotopic (exact) mass is 314 g/mol. The van der Waals surface area contributed by atoms with Crippen LogP contribution in [0.1, 0.15) is 31.6 Å². The molecule has 0 bridgehead atoms. The number of hydrogen-bond donors (Lipinski definition) is 2. The van der Waals surface area contributed by atoms with E-state index >= 15 is 0 Å². The fourth-order valence-electron chi connectivity index (χ4n) is 2.21. The quantitative estimate of drug-likeness (QED) is 0.768. The number of aromatic amines is 1. The smallest absolute Gasteiger partial charge is 0.330 e. The molecular weight excluding hydrogens is 295 g/mol. The van der Waals surface area contributed by atoms with Gasteiger partial charge in [-0.3, -0.25) is 14.3 Å². The Hall–Kier alpha value is -1.27. The second kappa shape index (κ2) is 7.13.